The summed E-state index contributed by atoms with van der Waals surface area (Å²) in [6.07, 6.45) is 0.846. The number of hydrogen-bond donors (Lipinski definition) is 2. The van der Waals surface area contributed by atoms with Crippen molar-refractivity contribution in [3.05, 3.63) is 62.1 Å². The summed E-state index contributed by atoms with van der Waals surface area (Å²) in [6.45, 7) is 3.58. The van der Waals surface area contributed by atoms with Gasteiger partial charge in [-0.1, -0.05) is 29.3 Å². The van der Waals surface area contributed by atoms with Crippen molar-refractivity contribution < 1.29 is 17.5 Å². The summed E-state index contributed by atoms with van der Waals surface area (Å²) in [5.74, 6) is -0.0194. The van der Waals surface area contributed by atoms with Gasteiger partial charge >= 0.3 is 0 Å². The monoisotopic (exact) mass is 578 g/mol. The Kier molecular flexibility index (Phi) is 6.78. The fourth-order valence-corrected chi connectivity index (χ4v) is 6.66. The Balaban J connectivity index is 1.60. The predicted octanol–water partition coefficient (Wildman–Crippen LogP) is 6.56. The van der Waals surface area contributed by atoms with Gasteiger partial charge in [-0.3, -0.25) is 4.72 Å². The maximum Gasteiger partial charge on any atom is 0.271 e. The minimum Gasteiger partial charge on any atom is -0.485 e. The normalized spacial score (nSPS) is 18.7. The number of sulfonamides is 1. The number of hydrogen-bond acceptors (Lipinski definition) is 5. The standard InChI is InChI=1S/C21H18BrCl2FN2O3S2/c1-21(6-7-26-11-21)30-18-9-13(3-4-15(18)22)27-32(28,29)19-10-14(20(24)31-19)12-2-5-17(25)16(23)8-12/h2-5,8-10,26-27H,6-7,11H2,1H3/t21-/m1/s1. The van der Waals surface area contributed by atoms with E-state index < -0.39 is 15.8 Å². The average Bonchev–Trinajstić information content (AvgIpc) is 3.33. The molecule has 3 aromatic rings. The van der Waals surface area contributed by atoms with Gasteiger partial charge in [-0.05, 0) is 65.3 Å². The number of halogens is 4. The van der Waals surface area contributed by atoms with Gasteiger partial charge < -0.3 is 10.1 Å². The molecule has 1 saturated heterocycles. The van der Waals surface area contributed by atoms with Crippen LogP contribution in [0.15, 0.2) is 51.1 Å². The molecule has 0 bridgehead atoms. The highest BCUT2D eigenvalue weighted by atomic mass is 79.9. The Bertz CT molecular complexity index is 1280. The van der Waals surface area contributed by atoms with Gasteiger partial charge in [0.25, 0.3) is 10.0 Å². The fourth-order valence-electron chi connectivity index (χ4n) is 3.34. The smallest absolute Gasteiger partial charge is 0.271 e. The van der Waals surface area contributed by atoms with E-state index in [1.807, 2.05) is 6.92 Å². The zero-order chi connectivity index (χ0) is 23.1. The molecular formula is C21H18BrCl2FN2O3S2. The van der Waals surface area contributed by atoms with E-state index in [4.69, 9.17) is 27.9 Å². The van der Waals surface area contributed by atoms with E-state index in [2.05, 4.69) is 26.0 Å². The van der Waals surface area contributed by atoms with Crippen LogP contribution in [0.4, 0.5) is 10.1 Å². The first-order valence-electron chi connectivity index (χ1n) is 9.53. The van der Waals surface area contributed by atoms with Gasteiger partial charge in [0.05, 0.1) is 15.2 Å². The Hall–Kier alpha value is -1.36. The molecule has 0 radical (unpaired) electrons. The molecule has 1 aliphatic rings. The van der Waals surface area contributed by atoms with Crippen LogP contribution in [0.3, 0.4) is 0 Å². The zero-order valence-corrected chi connectivity index (χ0v) is 21.4. The molecule has 1 fully saturated rings. The Morgan fingerprint density at radius 2 is 2.00 bits per heavy atom. The first-order chi connectivity index (χ1) is 15.1. The fraction of sp³-hybridized carbons (Fsp3) is 0.238. The third-order valence-electron chi connectivity index (χ3n) is 5.03. The highest BCUT2D eigenvalue weighted by Crippen LogP contribution is 2.40. The van der Waals surface area contributed by atoms with Crippen molar-refractivity contribution in [3.63, 3.8) is 0 Å². The van der Waals surface area contributed by atoms with Crippen LogP contribution in [0.1, 0.15) is 13.3 Å². The lowest BCUT2D eigenvalue weighted by Crippen LogP contribution is -2.34. The summed E-state index contributed by atoms with van der Waals surface area (Å²) >= 11 is 16.5. The largest absolute Gasteiger partial charge is 0.485 e. The Morgan fingerprint density at radius 1 is 1.22 bits per heavy atom. The van der Waals surface area contributed by atoms with Crippen molar-refractivity contribution >= 4 is 66.2 Å². The number of thiophene rings is 1. The van der Waals surface area contributed by atoms with Gasteiger partial charge in [-0.2, -0.15) is 0 Å². The van der Waals surface area contributed by atoms with E-state index in [-0.39, 0.29) is 19.2 Å². The number of ether oxygens (including phenoxy) is 1. The number of nitrogens with one attached hydrogen (secondary N) is 2. The summed E-state index contributed by atoms with van der Waals surface area (Å²) in [5, 5.41) is 3.19. The Morgan fingerprint density at radius 3 is 2.69 bits per heavy atom. The minimum absolute atomic E-state index is 0.0234. The van der Waals surface area contributed by atoms with Crippen molar-refractivity contribution in [2.24, 2.45) is 0 Å². The summed E-state index contributed by atoms with van der Waals surface area (Å²) < 4.78 is 49.2. The molecular weight excluding hydrogens is 562 g/mol. The molecule has 11 heteroatoms. The molecule has 4 rings (SSSR count). The zero-order valence-electron chi connectivity index (χ0n) is 16.7. The topological polar surface area (TPSA) is 67.4 Å². The Labute approximate surface area is 208 Å². The lowest BCUT2D eigenvalue weighted by Gasteiger charge is -2.26. The van der Waals surface area contributed by atoms with Gasteiger partial charge in [0.2, 0.25) is 0 Å². The maximum atomic E-state index is 13.5. The number of rotatable bonds is 6. The summed E-state index contributed by atoms with van der Waals surface area (Å²) in [5.41, 5.74) is 0.970. The quantitative estimate of drug-likeness (QED) is 0.347. The molecule has 0 saturated carbocycles. The molecule has 1 aliphatic heterocycles. The second-order valence-corrected chi connectivity index (χ2v) is 12.4. The van der Waals surface area contributed by atoms with Crippen LogP contribution in [-0.4, -0.2) is 27.1 Å². The molecule has 170 valence electrons. The maximum absolute atomic E-state index is 13.5. The molecule has 2 aromatic carbocycles. The van der Waals surface area contributed by atoms with E-state index in [9.17, 15) is 12.8 Å². The molecule has 2 N–H and O–H groups in total. The van der Waals surface area contributed by atoms with E-state index in [0.717, 1.165) is 28.8 Å². The van der Waals surface area contributed by atoms with Crippen LogP contribution in [0, 0.1) is 5.82 Å². The van der Waals surface area contributed by atoms with Crippen LogP contribution >= 0.6 is 50.5 Å². The predicted molar refractivity (Wildman–Crippen MR) is 131 cm³/mol. The number of benzene rings is 2. The van der Waals surface area contributed by atoms with Crippen molar-refractivity contribution in [3.8, 4) is 16.9 Å². The molecule has 0 amide bonds. The summed E-state index contributed by atoms with van der Waals surface area (Å²) in [7, 11) is -3.92. The van der Waals surface area contributed by atoms with Gasteiger partial charge in [-0.25, -0.2) is 12.8 Å². The summed E-state index contributed by atoms with van der Waals surface area (Å²) in [6, 6.07) is 10.6. The van der Waals surface area contributed by atoms with Crippen molar-refractivity contribution in [2.75, 3.05) is 17.8 Å². The van der Waals surface area contributed by atoms with Crippen LogP contribution in [-0.2, 0) is 10.0 Å². The molecule has 0 aliphatic carbocycles. The molecule has 0 unspecified atom stereocenters. The lowest BCUT2D eigenvalue weighted by atomic mass is 10.1. The van der Waals surface area contributed by atoms with Gasteiger partial charge in [0, 0.05) is 24.6 Å². The molecule has 1 atom stereocenters. The van der Waals surface area contributed by atoms with Crippen molar-refractivity contribution in [1.82, 2.24) is 5.32 Å². The van der Waals surface area contributed by atoms with Gasteiger partial charge in [0.1, 0.15) is 25.7 Å². The van der Waals surface area contributed by atoms with E-state index >= 15 is 0 Å². The molecule has 2 heterocycles. The first kappa shape index (κ1) is 23.8. The summed E-state index contributed by atoms with van der Waals surface area (Å²) in [4.78, 5) is 0. The molecule has 5 nitrogen and oxygen atoms in total. The van der Waals surface area contributed by atoms with Crippen molar-refractivity contribution in [1.29, 1.82) is 0 Å². The second-order valence-electron chi connectivity index (χ2n) is 7.61. The lowest BCUT2D eigenvalue weighted by molar-refractivity contribution is 0.110. The minimum atomic E-state index is -3.92. The first-order valence-corrected chi connectivity index (χ1v) is 13.4. The molecule has 32 heavy (non-hydrogen) atoms. The van der Waals surface area contributed by atoms with Crippen molar-refractivity contribution in [2.45, 2.75) is 23.2 Å². The van der Waals surface area contributed by atoms with Crippen LogP contribution < -0.4 is 14.8 Å². The highest BCUT2D eigenvalue weighted by Gasteiger charge is 2.31. The average molecular weight is 580 g/mol. The third kappa shape index (κ3) is 5.08. The van der Waals surface area contributed by atoms with Gasteiger partial charge in [0.15, 0.2) is 0 Å². The third-order valence-corrected chi connectivity index (χ3v) is 9.19. The highest BCUT2D eigenvalue weighted by molar-refractivity contribution is 9.10. The van der Waals surface area contributed by atoms with Crippen LogP contribution in [0.2, 0.25) is 9.36 Å². The van der Waals surface area contributed by atoms with E-state index in [1.54, 1.807) is 18.2 Å². The SMILES string of the molecule is C[C@@]1(Oc2cc(NS(=O)(=O)c3cc(-c4ccc(F)c(Cl)c4)c(Cl)s3)ccc2Br)CCNC1. The van der Waals surface area contributed by atoms with Gasteiger partial charge in [-0.15, -0.1) is 11.3 Å². The molecule has 0 spiro atoms. The van der Waals surface area contributed by atoms with Crippen LogP contribution in [0.25, 0.3) is 11.1 Å². The number of anilines is 1. The van der Waals surface area contributed by atoms with E-state index in [0.29, 0.717) is 29.1 Å². The second kappa shape index (κ2) is 9.12. The van der Waals surface area contributed by atoms with E-state index in [1.165, 1.54) is 24.3 Å². The van der Waals surface area contributed by atoms with Crippen LogP contribution in [0.5, 0.6) is 5.75 Å². The molecule has 1 aromatic heterocycles.